The number of phenols is 1. The molecule has 196 valence electrons. The summed E-state index contributed by atoms with van der Waals surface area (Å²) in [6.45, 7) is 9.93. The van der Waals surface area contributed by atoms with Crippen LogP contribution in [0.4, 0.5) is 0 Å². The van der Waals surface area contributed by atoms with Crippen LogP contribution in [0.1, 0.15) is 88.8 Å². The van der Waals surface area contributed by atoms with Gasteiger partial charge in [0.25, 0.3) is 0 Å². The number of rotatable bonds is 8. The molecule has 2 aromatic carbocycles. The van der Waals surface area contributed by atoms with Crippen LogP contribution in [0.5, 0.6) is 5.75 Å². The lowest BCUT2D eigenvalue weighted by Crippen LogP contribution is -2.49. The Morgan fingerprint density at radius 2 is 1.78 bits per heavy atom. The minimum Gasteiger partial charge on any atom is -0.508 e. The van der Waals surface area contributed by atoms with Crippen molar-refractivity contribution in [2.75, 3.05) is 0 Å². The first kappa shape index (κ1) is 25.8. The molecule has 3 aliphatic carbocycles. The quantitative estimate of drug-likeness (QED) is 0.403. The van der Waals surface area contributed by atoms with Crippen LogP contribution in [-0.2, 0) is 17.8 Å². The molecule has 5 rings (SSSR count). The monoisotopic (exact) mass is 490 g/mol. The molecule has 0 radical (unpaired) electrons. The van der Waals surface area contributed by atoms with Gasteiger partial charge in [-0.15, -0.1) is 0 Å². The maximum Gasteiger partial charge on any atom is 0.115 e. The lowest BCUT2D eigenvalue weighted by molar-refractivity contribution is -0.0841. The fourth-order valence-corrected chi connectivity index (χ4v) is 8.45. The molecule has 0 aliphatic heterocycles. The molecule has 0 amide bonds. The van der Waals surface area contributed by atoms with E-state index in [2.05, 4.69) is 64.1 Å². The third-order valence-corrected chi connectivity index (χ3v) is 10.5. The van der Waals surface area contributed by atoms with Gasteiger partial charge in [0.05, 0.1) is 18.8 Å². The molecule has 3 nitrogen and oxygen atoms in total. The molecule has 0 aromatic heterocycles. The van der Waals surface area contributed by atoms with Crippen LogP contribution in [0, 0.1) is 35.0 Å². The van der Waals surface area contributed by atoms with E-state index in [-0.39, 0.29) is 12.2 Å². The second kappa shape index (κ2) is 10.5. The van der Waals surface area contributed by atoms with Gasteiger partial charge in [-0.1, -0.05) is 64.1 Å². The topological polar surface area (TPSA) is 49.7 Å². The van der Waals surface area contributed by atoms with Gasteiger partial charge in [0, 0.05) is 0 Å². The van der Waals surface area contributed by atoms with Crippen molar-refractivity contribution in [3.63, 3.8) is 0 Å². The van der Waals surface area contributed by atoms with Gasteiger partial charge in [0.2, 0.25) is 0 Å². The highest BCUT2D eigenvalue weighted by molar-refractivity contribution is 5.41. The lowest BCUT2D eigenvalue weighted by atomic mass is 9.52. The first-order chi connectivity index (χ1) is 17.3. The number of hydrogen-bond acceptors (Lipinski definition) is 3. The number of ether oxygens (including phenoxy) is 1. The zero-order valence-electron chi connectivity index (χ0n) is 22.7. The van der Waals surface area contributed by atoms with Crippen LogP contribution in [0.25, 0.3) is 0 Å². The van der Waals surface area contributed by atoms with E-state index < -0.39 is 0 Å². The summed E-state index contributed by atoms with van der Waals surface area (Å²) in [4.78, 5) is 0. The summed E-state index contributed by atoms with van der Waals surface area (Å²) >= 11 is 0. The van der Waals surface area contributed by atoms with Crippen molar-refractivity contribution >= 4 is 0 Å². The fraction of sp³-hybridized carbons (Fsp3) is 0.636. The normalized spacial score (nSPS) is 33.0. The molecule has 8 unspecified atom stereocenters. The summed E-state index contributed by atoms with van der Waals surface area (Å²) in [5.41, 5.74) is 4.31. The predicted octanol–water partition coefficient (Wildman–Crippen LogP) is 7.49. The molecular formula is C33H46O3. The molecule has 3 heteroatoms. The molecule has 2 aromatic rings. The third kappa shape index (κ3) is 4.86. The van der Waals surface area contributed by atoms with Gasteiger partial charge < -0.3 is 14.9 Å². The van der Waals surface area contributed by atoms with E-state index in [0.717, 1.165) is 25.2 Å². The largest absolute Gasteiger partial charge is 0.508 e. The number of aliphatic hydroxyl groups excluding tert-OH is 1. The Balaban J connectivity index is 1.39. The molecule has 3 aliphatic rings. The lowest BCUT2D eigenvalue weighted by Gasteiger charge is -2.54. The van der Waals surface area contributed by atoms with Crippen LogP contribution in [0.15, 0.2) is 48.5 Å². The second-order valence-electron chi connectivity index (χ2n) is 12.8. The van der Waals surface area contributed by atoms with Gasteiger partial charge in [0.15, 0.2) is 0 Å². The molecule has 0 heterocycles. The van der Waals surface area contributed by atoms with Gasteiger partial charge in [-0.05, 0) is 115 Å². The van der Waals surface area contributed by atoms with Crippen molar-refractivity contribution in [2.45, 2.75) is 97.4 Å². The van der Waals surface area contributed by atoms with E-state index in [4.69, 9.17) is 4.74 Å². The van der Waals surface area contributed by atoms with Crippen molar-refractivity contribution in [2.24, 2.45) is 35.0 Å². The number of benzene rings is 2. The van der Waals surface area contributed by atoms with Crippen LogP contribution in [0.3, 0.4) is 0 Å². The molecule has 2 saturated carbocycles. The Hall–Kier alpha value is -1.84. The summed E-state index contributed by atoms with van der Waals surface area (Å²) in [5, 5.41) is 20.7. The highest BCUT2D eigenvalue weighted by Crippen LogP contribution is 2.65. The fourth-order valence-electron chi connectivity index (χ4n) is 8.45. The summed E-state index contributed by atoms with van der Waals surface area (Å²) < 4.78 is 6.77. The van der Waals surface area contributed by atoms with Gasteiger partial charge in [-0.2, -0.15) is 0 Å². The van der Waals surface area contributed by atoms with Crippen LogP contribution >= 0.6 is 0 Å². The van der Waals surface area contributed by atoms with Gasteiger partial charge in [-0.3, -0.25) is 0 Å². The SMILES string of the molecule is CC(C)C(O)CCC(C)C1CCC2C3C(OCc4ccccc4)Cc4cc(O)ccc4C3CCC12C. The Morgan fingerprint density at radius 3 is 2.53 bits per heavy atom. The highest BCUT2D eigenvalue weighted by Gasteiger charge is 2.58. The first-order valence-corrected chi connectivity index (χ1v) is 14.4. The van der Waals surface area contributed by atoms with Gasteiger partial charge in [0.1, 0.15) is 5.75 Å². The summed E-state index contributed by atoms with van der Waals surface area (Å²) in [6, 6.07) is 16.6. The number of fused-ring (bicyclic) bond motifs is 5. The van der Waals surface area contributed by atoms with Gasteiger partial charge >= 0.3 is 0 Å². The minimum absolute atomic E-state index is 0.185. The van der Waals surface area contributed by atoms with E-state index in [1.54, 1.807) is 0 Å². The summed E-state index contributed by atoms with van der Waals surface area (Å²) in [5.74, 6) is 3.78. The number of hydrogen-bond donors (Lipinski definition) is 2. The van der Waals surface area contributed by atoms with Crippen LogP contribution in [-0.4, -0.2) is 22.4 Å². The van der Waals surface area contributed by atoms with Gasteiger partial charge in [-0.25, -0.2) is 0 Å². The zero-order chi connectivity index (χ0) is 25.4. The number of phenolic OH excluding ortho intramolecular Hbond substituents is 1. The Morgan fingerprint density at radius 1 is 1.00 bits per heavy atom. The molecule has 2 fully saturated rings. The second-order valence-corrected chi connectivity index (χ2v) is 12.8. The minimum atomic E-state index is -0.185. The Bertz CT molecular complexity index is 1020. The van der Waals surface area contributed by atoms with E-state index in [9.17, 15) is 10.2 Å². The molecular weight excluding hydrogens is 444 g/mol. The van der Waals surface area contributed by atoms with Crippen molar-refractivity contribution in [1.29, 1.82) is 0 Å². The standard InChI is InChI=1S/C33H46O3/c1-21(2)30(35)15-10-22(3)28-13-14-29-32-27(16-17-33(28,29)4)26-12-11-25(34)18-24(26)19-31(32)36-20-23-8-6-5-7-9-23/h5-9,11-12,18,21-22,27-32,34-35H,10,13-17,19-20H2,1-4H3. The molecule has 2 N–H and O–H groups in total. The maximum atomic E-state index is 10.4. The molecule has 8 atom stereocenters. The van der Waals surface area contributed by atoms with Crippen LogP contribution in [0.2, 0.25) is 0 Å². The van der Waals surface area contributed by atoms with Crippen molar-refractivity contribution < 1.29 is 14.9 Å². The Kier molecular flexibility index (Phi) is 7.52. The van der Waals surface area contributed by atoms with Crippen LogP contribution < -0.4 is 0 Å². The van der Waals surface area contributed by atoms with Crippen molar-refractivity contribution in [3.05, 3.63) is 65.2 Å². The average molecular weight is 491 g/mol. The average Bonchev–Trinajstić information content (AvgIpc) is 3.23. The van der Waals surface area contributed by atoms with Crippen molar-refractivity contribution in [3.8, 4) is 5.75 Å². The van der Waals surface area contributed by atoms with E-state index >= 15 is 0 Å². The van der Waals surface area contributed by atoms with Crippen molar-refractivity contribution in [1.82, 2.24) is 0 Å². The third-order valence-electron chi connectivity index (χ3n) is 10.5. The smallest absolute Gasteiger partial charge is 0.115 e. The molecule has 0 saturated heterocycles. The summed E-state index contributed by atoms with van der Waals surface area (Å²) in [6.07, 6.45) is 8.00. The Labute approximate surface area is 218 Å². The number of aromatic hydroxyl groups is 1. The maximum absolute atomic E-state index is 10.4. The molecule has 0 bridgehead atoms. The molecule has 36 heavy (non-hydrogen) atoms. The predicted molar refractivity (Wildman–Crippen MR) is 146 cm³/mol. The molecule has 0 spiro atoms. The first-order valence-electron chi connectivity index (χ1n) is 14.4. The van der Waals surface area contributed by atoms with E-state index in [1.807, 2.05) is 12.1 Å². The number of aliphatic hydroxyl groups is 1. The van der Waals surface area contributed by atoms with E-state index in [1.165, 1.54) is 42.4 Å². The summed E-state index contributed by atoms with van der Waals surface area (Å²) in [7, 11) is 0. The highest BCUT2D eigenvalue weighted by atomic mass is 16.5. The zero-order valence-corrected chi connectivity index (χ0v) is 22.7. The van der Waals surface area contributed by atoms with E-state index in [0.29, 0.717) is 47.4 Å².